The van der Waals surface area contributed by atoms with Crippen LogP contribution in [0.2, 0.25) is 0 Å². The molecule has 2 atom stereocenters. The Morgan fingerprint density at radius 2 is 1.67 bits per heavy atom. The van der Waals surface area contributed by atoms with Crippen molar-refractivity contribution < 1.29 is 19.5 Å². The van der Waals surface area contributed by atoms with Gasteiger partial charge in [0.25, 0.3) is 0 Å². The third-order valence-corrected chi connectivity index (χ3v) is 4.47. The van der Waals surface area contributed by atoms with Crippen LogP contribution in [0.15, 0.2) is 42.5 Å². The first kappa shape index (κ1) is 20.4. The Hall–Kier alpha value is -2.89. The molecule has 0 fully saturated rings. The second kappa shape index (κ2) is 9.16. The average molecular weight is 370 g/mol. The molecule has 2 amide bonds. The van der Waals surface area contributed by atoms with E-state index in [9.17, 15) is 14.4 Å². The first-order chi connectivity index (χ1) is 12.8. The fourth-order valence-corrected chi connectivity index (χ4v) is 2.89. The van der Waals surface area contributed by atoms with Gasteiger partial charge in [0.2, 0.25) is 11.8 Å². The Labute approximate surface area is 159 Å². The summed E-state index contributed by atoms with van der Waals surface area (Å²) >= 11 is 0. The topological polar surface area (TPSA) is 95.5 Å². The van der Waals surface area contributed by atoms with E-state index >= 15 is 0 Å². The van der Waals surface area contributed by atoms with Crippen LogP contribution in [0.5, 0.6) is 0 Å². The maximum absolute atomic E-state index is 12.4. The number of hydrogen-bond donors (Lipinski definition) is 3. The number of carbonyl (C=O) groups excluding carboxylic acids is 2. The summed E-state index contributed by atoms with van der Waals surface area (Å²) in [6.07, 6.45) is 0.425. The van der Waals surface area contributed by atoms with Crippen LogP contribution in [0.1, 0.15) is 32.8 Å². The van der Waals surface area contributed by atoms with E-state index in [0.29, 0.717) is 0 Å². The van der Waals surface area contributed by atoms with Gasteiger partial charge in [-0.3, -0.25) is 9.59 Å². The number of carboxylic acid groups (broad SMARTS) is 1. The molecule has 0 saturated carbocycles. The SMILES string of the molecule is CCC(NC(=O)C(NC(=O)Cc1ccc2ccccc2c1)C(C)C)C(=O)O. The largest absolute Gasteiger partial charge is 0.480 e. The molecule has 0 aliphatic heterocycles. The second-order valence-corrected chi connectivity index (χ2v) is 6.96. The Morgan fingerprint density at radius 1 is 1.00 bits per heavy atom. The number of benzene rings is 2. The molecule has 0 saturated heterocycles. The van der Waals surface area contributed by atoms with Gasteiger partial charge in [-0.1, -0.05) is 63.2 Å². The number of hydrogen-bond acceptors (Lipinski definition) is 3. The van der Waals surface area contributed by atoms with Crippen LogP contribution in [0, 0.1) is 5.92 Å². The highest BCUT2D eigenvalue weighted by molar-refractivity contribution is 5.91. The van der Waals surface area contributed by atoms with E-state index < -0.39 is 24.0 Å². The number of amides is 2. The summed E-state index contributed by atoms with van der Waals surface area (Å²) in [5.41, 5.74) is 0.853. The van der Waals surface area contributed by atoms with Gasteiger partial charge < -0.3 is 15.7 Å². The summed E-state index contributed by atoms with van der Waals surface area (Å²) < 4.78 is 0. The van der Waals surface area contributed by atoms with Gasteiger partial charge in [-0.15, -0.1) is 0 Å². The van der Waals surface area contributed by atoms with Crippen molar-refractivity contribution in [2.24, 2.45) is 5.92 Å². The third-order valence-electron chi connectivity index (χ3n) is 4.47. The molecule has 0 aliphatic carbocycles. The van der Waals surface area contributed by atoms with Crippen molar-refractivity contribution in [2.75, 3.05) is 0 Å². The normalized spacial score (nSPS) is 13.2. The molecular formula is C21H26N2O4. The fraction of sp³-hybridized carbons (Fsp3) is 0.381. The summed E-state index contributed by atoms with van der Waals surface area (Å²) in [6.45, 7) is 5.30. The van der Waals surface area contributed by atoms with Crippen LogP contribution in [-0.2, 0) is 20.8 Å². The zero-order chi connectivity index (χ0) is 20.0. The van der Waals surface area contributed by atoms with Gasteiger partial charge in [-0.25, -0.2) is 4.79 Å². The van der Waals surface area contributed by atoms with Crippen molar-refractivity contribution >= 4 is 28.6 Å². The van der Waals surface area contributed by atoms with Gasteiger partial charge in [0, 0.05) is 0 Å². The first-order valence-corrected chi connectivity index (χ1v) is 9.12. The molecule has 6 nitrogen and oxygen atoms in total. The number of fused-ring (bicyclic) bond motifs is 1. The van der Waals surface area contributed by atoms with Crippen molar-refractivity contribution in [1.82, 2.24) is 10.6 Å². The predicted molar refractivity (Wildman–Crippen MR) is 104 cm³/mol. The molecule has 0 aliphatic rings. The van der Waals surface area contributed by atoms with Crippen LogP contribution >= 0.6 is 0 Å². The Morgan fingerprint density at radius 3 is 2.26 bits per heavy atom. The van der Waals surface area contributed by atoms with E-state index in [4.69, 9.17) is 5.11 Å². The zero-order valence-electron chi connectivity index (χ0n) is 15.9. The maximum Gasteiger partial charge on any atom is 0.326 e. The summed E-state index contributed by atoms with van der Waals surface area (Å²) in [7, 11) is 0. The summed E-state index contributed by atoms with van der Waals surface area (Å²) in [5, 5.41) is 16.5. The molecular weight excluding hydrogens is 344 g/mol. The second-order valence-electron chi connectivity index (χ2n) is 6.96. The van der Waals surface area contributed by atoms with E-state index in [1.807, 2.05) is 56.3 Å². The minimum absolute atomic E-state index is 0.150. The molecule has 2 unspecified atom stereocenters. The molecule has 2 aromatic rings. The predicted octanol–water partition coefficient (Wildman–Crippen LogP) is 2.50. The first-order valence-electron chi connectivity index (χ1n) is 9.12. The van der Waals surface area contributed by atoms with Crippen LogP contribution in [-0.4, -0.2) is 35.0 Å². The van der Waals surface area contributed by atoms with Crippen molar-refractivity contribution in [1.29, 1.82) is 0 Å². The lowest BCUT2D eigenvalue weighted by Crippen LogP contribution is -2.53. The lowest BCUT2D eigenvalue weighted by atomic mass is 10.0. The number of carbonyl (C=O) groups is 3. The molecule has 27 heavy (non-hydrogen) atoms. The molecule has 2 rings (SSSR count). The maximum atomic E-state index is 12.4. The van der Waals surface area contributed by atoms with Crippen LogP contribution in [0.3, 0.4) is 0 Å². The minimum Gasteiger partial charge on any atom is -0.480 e. The highest BCUT2D eigenvalue weighted by Gasteiger charge is 2.27. The standard InChI is InChI=1S/C21H26N2O4/c1-4-17(21(26)27)22-20(25)19(13(2)3)23-18(24)12-14-9-10-15-7-5-6-8-16(15)11-14/h5-11,13,17,19H,4,12H2,1-3H3,(H,22,25)(H,23,24)(H,26,27). The van der Waals surface area contributed by atoms with Gasteiger partial charge in [-0.05, 0) is 28.7 Å². The smallest absolute Gasteiger partial charge is 0.326 e. The van der Waals surface area contributed by atoms with Crippen molar-refractivity contribution in [2.45, 2.75) is 45.7 Å². The Balaban J connectivity index is 2.05. The van der Waals surface area contributed by atoms with Gasteiger partial charge in [-0.2, -0.15) is 0 Å². The summed E-state index contributed by atoms with van der Waals surface area (Å²) in [4.78, 5) is 36.0. The summed E-state index contributed by atoms with van der Waals surface area (Å²) in [6, 6.07) is 12.0. The number of carboxylic acids is 1. The molecule has 6 heteroatoms. The minimum atomic E-state index is -1.09. The van der Waals surface area contributed by atoms with Crippen molar-refractivity contribution in [3.05, 3.63) is 48.0 Å². The van der Waals surface area contributed by atoms with Gasteiger partial charge in [0.15, 0.2) is 0 Å². The Kier molecular flexibility index (Phi) is 6.93. The van der Waals surface area contributed by atoms with Gasteiger partial charge >= 0.3 is 5.97 Å². The highest BCUT2D eigenvalue weighted by atomic mass is 16.4. The van der Waals surface area contributed by atoms with Crippen LogP contribution < -0.4 is 10.6 Å². The molecule has 0 bridgehead atoms. The van der Waals surface area contributed by atoms with Gasteiger partial charge in [0.05, 0.1) is 6.42 Å². The van der Waals surface area contributed by atoms with E-state index in [1.165, 1.54) is 0 Å². The van der Waals surface area contributed by atoms with E-state index in [1.54, 1.807) is 6.92 Å². The number of aliphatic carboxylic acids is 1. The zero-order valence-corrected chi connectivity index (χ0v) is 15.9. The molecule has 0 radical (unpaired) electrons. The highest BCUT2D eigenvalue weighted by Crippen LogP contribution is 2.16. The van der Waals surface area contributed by atoms with Crippen molar-refractivity contribution in [3.63, 3.8) is 0 Å². The summed E-state index contributed by atoms with van der Waals surface area (Å²) in [5.74, 6) is -2.01. The van der Waals surface area contributed by atoms with E-state index in [0.717, 1.165) is 16.3 Å². The molecule has 3 N–H and O–H groups in total. The molecule has 0 aromatic heterocycles. The number of rotatable bonds is 8. The van der Waals surface area contributed by atoms with Crippen molar-refractivity contribution in [3.8, 4) is 0 Å². The van der Waals surface area contributed by atoms with E-state index in [-0.39, 0.29) is 24.7 Å². The monoisotopic (exact) mass is 370 g/mol. The quantitative estimate of drug-likeness (QED) is 0.665. The lowest BCUT2D eigenvalue weighted by Gasteiger charge is -2.23. The molecule has 0 spiro atoms. The lowest BCUT2D eigenvalue weighted by molar-refractivity contribution is -0.142. The van der Waals surface area contributed by atoms with Crippen LogP contribution in [0.25, 0.3) is 10.8 Å². The van der Waals surface area contributed by atoms with Crippen LogP contribution in [0.4, 0.5) is 0 Å². The molecule has 0 heterocycles. The fourth-order valence-electron chi connectivity index (χ4n) is 2.89. The molecule has 2 aromatic carbocycles. The average Bonchev–Trinajstić information content (AvgIpc) is 2.63. The third kappa shape index (κ3) is 5.54. The number of nitrogens with one attached hydrogen (secondary N) is 2. The van der Waals surface area contributed by atoms with Gasteiger partial charge in [0.1, 0.15) is 12.1 Å². The molecule has 144 valence electrons. The Bertz CT molecular complexity index is 832. The van der Waals surface area contributed by atoms with E-state index in [2.05, 4.69) is 10.6 Å².